The first kappa shape index (κ1) is 16.2. The summed E-state index contributed by atoms with van der Waals surface area (Å²) in [6.07, 6.45) is 1.77. The van der Waals surface area contributed by atoms with Gasteiger partial charge in [-0.05, 0) is 38.1 Å². The Labute approximate surface area is 121 Å². The molecule has 1 aromatic carbocycles. The quantitative estimate of drug-likeness (QED) is 0.579. The zero-order valence-electron chi connectivity index (χ0n) is 10.7. The first-order valence-electron chi connectivity index (χ1n) is 6.07. The molecule has 0 aromatic heterocycles. The van der Waals surface area contributed by atoms with Crippen LogP contribution in [-0.4, -0.2) is 35.1 Å². The normalized spacial score (nSPS) is 15.2. The van der Waals surface area contributed by atoms with E-state index in [1.165, 1.54) is 12.1 Å². The Morgan fingerprint density at radius 2 is 2.05 bits per heavy atom. The fourth-order valence-corrected chi connectivity index (χ4v) is 2.12. The molecule has 0 radical (unpaired) electrons. The zero-order valence-corrected chi connectivity index (χ0v) is 11.5. The summed E-state index contributed by atoms with van der Waals surface area (Å²) in [7, 11) is 0. The molecule has 1 fully saturated rings. The summed E-state index contributed by atoms with van der Waals surface area (Å²) in [5.41, 5.74) is 0.0999. The second-order valence-corrected chi connectivity index (χ2v) is 4.46. The van der Waals surface area contributed by atoms with Gasteiger partial charge in [-0.2, -0.15) is 0 Å². The molecule has 2 rings (SSSR count). The minimum Gasteiger partial charge on any atom is -0.478 e. The molecule has 0 aliphatic carbocycles. The predicted octanol–water partition coefficient (Wildman–Crippen LogP) is 1.88. The molecule has 0 amide bonds. The molecule has 0 unspecified atom stereocenters. The number of nitro groups is 1. The van der Waals surface area contributed by atoms with Crippen LogP contribution >= 0.6 is 12.4 Å². The standard InChI is InChI=1S/C12H15N3O4.ClH/c16-12(17)8-1-2-10(11(7-8)15(18)19)14-9-3-5-13-6-4-9;/h1-2,7,9,13-14H,3-6H2,(H,16,17);1H. The van der Waals surface area contributed by atoms with Crippen molar-refractivity contribution >= 4 is 29.8 Å². The highest BCUT2D eigenvalue weighted by Gasteiger charge is 2.20. The van der Waals surface area contributed by atoms with E-state index in [0.717, 1.165) is 32.0 Å². The van der Waals surface area contributed by atoms with Crippen molar-refractivity contribution < 1.29 is 14.8 Å². The number of hydrogen-bond donors (Lipinski definition) is 3. The van der Waals surface area contributed by atoms with Crippen molar-refractivity contribution in [2.24, 2.45) is 0 Å². The van der Waals surface area contributed by atoms with Crippen LogP contribution in [0.25, 0.3) is 0 Å². The fraction of sp³-hybridized carbons (Fsp3) is 0.417. The van der Waals surface area contributed by atoms with Gasteiger partial charge in [0.25, 0.3) is 5.69 Å². The van der Waals surface area contributed by atoms with Crippen molar-refractivity contribution in [1.82, 2.24) is 5.32 Å². The molecule has 3 N–H and O–H groups in total. The monoisotopic (exact) mass is 301 g/mol. The molecule has 0 atom stereocenters. The van der Waals surface area contributed by atoms with Crippen LogP contribution in [0.15, 0.2) is 18.2 Å². The zero-order chi connectivity index (χ0) is 13.8. The summed E-state index contributed by atoms with van der Waals surface area (Å²) in [4.78, 5) is 21.3. The molecule has 20 heavy (non-hydrogen) atoms. The first-order chi connectivity index (χ1) is 9.08. The Morgan fingerprint density at radius 3 is 2.60 bits per heavy atom. The molecule has 0 bridgehead atoms. The lowest BCUT2D eigenvalue weighted by molar-refractivity contribution is -0.384. The van der Waals surface area contributed by atoms with E-state index in [1.54, 1.807) is 0 Å². The molecule has 1 aliphatic heterocycles. The van der Waals surface area contributed by atoms with Crippen molar-refractivity contribution in [3.8, 4) is 0 Å². The molecule has 1 aliphatic rings. The molecule has 7 nitrogen and oxygen atoms in total. The van der Waals surface area contributed by atoms with E-state index in [9.17, 15) is 14.9 Å². The third-order valence-electron chi connectivity index (χ3n) is 3.14. The fourth-order valence-electron chi connectivity index (χ4n) is 2.12. The van der Waals surface area contributed by atoms with Crippen LogP contribution in [0.2, 0.25) is 0 Å². The van der Waals surface area contributed by atoms with E-state index in [4.69, 9.17) is 5.11 Å². The van der Waals surface area contributed by atoms with Crippen LogP contribution in [0, 0.1) is 10.1 Å². The number of carboxylic acid groups (broad SMARTS) is 1. The summed E-state index contributed by atoms with van der Waals surface area (Å²) in [6.45, 7) is 1.75. The molecule has 0 spiro atoms. The Hall–Kier alpha value is -1.86. The third-order valence-corrected chi connectivity index (χ3v) is 3.14. The van der Waals surface area contributed by atoms with E-state index in [0.29, 0.717) is 5.69 Å². The van der Waals surface area contributed by atoms with Crippen LogP contribution in [0.3, 0.4) is 0 Å². The van der Waals surface area contributed by atoms with Crippen LogP contribution < -0.4 is 10.6 Å². The Kier molecular flexibility index (Phi) is 5.72. The number of carbonyl (C=O) groups is 1. The van der Waals surface area contributed by atoms with Crippen LogP contribution in [0.1, 0.15) is 23.2 Å². The Morgan fingerprint density at radius 1 is 1.40 bits per heavy atom. The average molecular weight is 302 g/mol. The number of carboxylic acids is 1. The van der Waals surface area contributed by atoms with Gasteiger partial charge in [0.1, 0.15) is 5.69 Å². The number of hydrogen-bond acceptors (Lipinski definition) is 5. The summed E-state index contributed by atoms with van der Waals surface area (Å²) in [5.74, 6) is -1.17. The first-order valence-corrected chi connectivity index (χ1v) is 6.07. The molecule has 0 saturated carbocycles. The molecule has 110 valence electrons. The van der Waals surface area contributed by atoms with E-state index in [2.05, 4.69) is 10.6 Å². The topological polar surface area (TPSA) is 104 Å². The van der Waals surface area contributed by atoms with Gasteiger partial charge in [0, 0.05) is 12.1 Å². The number of aromatic carboxylic acids is 1. The van der Waals surface area contributed by atoms with Crippen molar-refractivity contribution in [2.75, 3.05) is 18.4 Å². The number of rotatable bonds is 4. The van der Waals surface area contributed by atoms with Crippen molar-refractivity contribution in [1.29, 1.82) is 0 Å². The van der Waals surface area contributed by atoms with E-state index >= 15 is 0 Å². The average Bonchev–Trinajstić information content (AvgIpc) is 2.39. The van der Waals surface area contributed by atoms with Gasteiger partial charge >= 0.3 is 5.97 Å². The molecule has 1 aromatic rings. The summed E-state index contributed by atoms with van der Waals surface area (Å²) < 4.78 is 0. The van der Waals surface area contributed by atoms with Gasteiger partial charge in [0.2, 0.25) is 0 Å². The van der Waals surface area contributed by atoms with Gasteiger partial charge in [-0.1, -0.05) is 0 Å². The lowest BCUT2D eigenvalue weighted by Crippen LogP contribution is -2.35. The highest BCUT2D eigenvalue weighted by atomic mass is 35.5. The van der Waals surface area contributed by atoms with Gasteiger partial charge < -0.3 is 15.7 Å². The van der Waals surface area contributed by atoms with Gasteiger partial charge in [0.15, 0.2) is 0 Å². The number of nitrogens with zero attached hydrogens (tertiary/aromatic N) is 1. The molecule has 8 heteroatoms. The number of anilines is 1. The second kappa shape index (κ2) is 7.06. The van der Waals surface area contributed by atoms with Crippen molar-refractivity contribution in [3.63, 3.8) is 0 Å². The van der Waals surface area contributed by atoms with E-state index in [-0.39, 0.29) is 29.7 Å². The van der Waals surface area contributed by atoms with Crippen molar-refractivity contribution in [3.05, 3.63) is 33.9 Å². The number of piperidine rings is 1. The Bertz CT molecular complexity index is 503. The third kappa shape index (κ3) is 3.82. The number of nitrogens with one attached hydrogen (secondary N) is 2. The largest absolute Gasteiger partial charge is 0.478 e. The lowest BCUT2D eigenvalue weighted by atomic mass is 10.1. The molecular formula is C12H16ClN3O4. The smallest absolute Gasteiger partial charge is 0.335 e. The number of benzene rings is 1. The SMILES string of the molecule is Cl.O=C(O)c1ccc(NC2CCNCC2)c([N+](=O)[O-])c1. The highest BCUT2D eigenvalue weighted by Crippen LogP contribution is 2.27. The number of halogens is 1. The van der Waals surface area contributed by atoms with Gasteiger partial charge in [-0.3, -0.25) is 10.1 Å². The van der Waals surface area contributed by atoms with Crippen LogP contribution in [0.5, 0.6) is 0 Å². The summed E-state index contributed by atoms with van der Waals surface area (Å²) >= 11 is 0. The number of nitro benzene ring substituents is 1. The van der Waals surface area contributed by atoms with Gasteiger partial charge in [-0.15, -0.1) is 12.4 Å². The minimum absolute atomic E-state index is 0. The summed E-state index contributed by atoms with van der Waals surface area (Å²) in [5, 5.41) is 26.2. The summed E-state index contributed by atoms with van der Waals surface area (Å²) in [6, 6.07) is 4.10. The maximum Gasteiger partial charge on any atom is 0.335 e. The maximum atomic E-state index is 11.0. The predicted molar refractivity (Wildman–Crippen MR) is 76.8 cm³/mol. The van der Waals surface area contributed by atoms with Gasteiger partial charge in [0.05, 0.1) is 10.5 Å². The maximum absolute atomic E-state index is 11.0. The Balaban J connectivity index is 0.00000200. The minimum atomic E-state index is -1.17. The second-order valence-electron chi connectivity index (χ2n) is 4.46. The molecule has 1 saturated heterocycles. The lowest BCUT2D eigenvalue weighted by Gasteiger charge is -2.24. The van der Waals surface area contributed by atoms with Crippen LogP contribution in [-0.2, 0) is 0 Å². The van der Waals surface area contributed by atoms with Gasteiger partial charge in [-0.25, -0.2) is 4.79 Å². The van der Waals surface area contributed by atoms with Crippen molar-refractivity contribution in [2.45, 2.75) is 18.9 Å². The highest BCUT2D eigenvalue weighted by molar-refractivity contribution is 5.89. The molecular weight excluding hydrogens is 286 g/mol. The van der Waals surface area contributed by atoms with Crippen LogP contribution in [0.4, 0.5) is 11.4 Å². The van der Waals surface area contributed by atoms with E-state index < -0.39 is 10.9 Å². The molecule has 1 heterocycles. The van der Waals surface area contributed by atoms with E-state index in [1.807, 2.05) is 0 Å².